The van der Waals surface area contributed by atoms with E-state index in [1.807, 2.05) is 0 Å². The summed E-state index contributed by atoms with van der Waals surface area (Å²) in [6.45, 7) is 8.47. The van der Waals surface area contributed by atoms with Gasteiger partial charge in [-0.1, -0.05) is 26.8 Å². The summed E-state index contributed by atoms with van der Waals surface area (Å²) < 4.78 is 19.6. The number of aliphatic hydroxyl groups excluding tert-OH is 1. The van der Waals surface area contributed by atoms with Gasteiger partial charge in [0.15, 0.2) is 5.79 Å². The van der Waals surface area contributed by atoms with Crippen LogP contribution in [0, 0.1) is 34.5 Å². The van der Waals surface area contributed by atoms with Crippen LogP contribution in [0.1, 0.15) is 78.6 Å². The van der Waals surface area contributed by atoms with Crippen molar-refractivity contribution in [2.45, 2.75) is 101 Å². The fourth-order valence-electron chi connectivity index (χ4n) is 9.52. The van der Waals surface area contributed by atoms with Crippen molar-refractivity contribution in [2.24, 2.45) is 34.5 Å². The van der Waals surface area contributed by atoms with Gasteiger partial charge in [0.2, 0.25) is 0 Å². The van der Waals surface area contributed by atoms with Crippen molar-refractivity contribution in [1.29, 1.82) is 0 Å². The molecule has 178 valence electrons. The molecule has 0 aromatic heterocycles. The molecule has 8 atom stereocenters. The van der Waals surface area contributed by atoms with Gasteiger partial charge in [0, 0.05) is 30.3 Å². The van der Waals surface area contributed by atoms with Crippen LogP contribution in [0.15, 0.2) is 11.6 Å². The highest BCUT2D eigenvalue weighted by atomic mass is 16.7. The number of fused-ring (bicyclic) bond motifs is 5. The Hall–Kier alpha value is -0.460. The van der Waals surface area contributed by atoms with Crippen LogP contribution in [0.3, 0.4) is 0 Å². The maximum Gasteiger partial charge on any atom is 0.171 e. The Morgan fingerprint density at radius 2 is 1.88 bits per heavy atom. The molecule has 2 heterocycles. The van der Waals surface area contributed by atoms with Crippen molar-refractivity contribution in [3.63, 3.8) is 0 Å². The molecule has 4 saturated carbocycles. The van der Waals surface area contributed by atoms with Gasteiger partial charge in [0.05, 0.1) is 18.8 Å². The lowest BCUT2D eigenvalue weighted by molar-refractivity contribution is -0.313. The zero-order valence-electron chi connectivity index (χ0n) is 20.0. The molecule has 2 aliphatic heterocycles. The zero-order valence-corrected chi connectivity index (χ0v) is 20.0. The molecule has 7 rings (SSSR count). The molecule has 7 aliphatic rings. The Morgan fingerprint density at radius 3 is 2.62 bits per heavy atom. The minimum absolute atomic E-state index is 0.0630. The van der Waals surface area contributed by atoms with Gasteiger partial charge in [-0.25, -0.2) is 0 Å². The van der Waals surface area contributed by atoms with E-state index in [1.54, 1.807) is 5.57 Å². The van der Waals surface area contributed by atoms with Gasteiger partial charge in [-0.15, -0.1) is 0 Å². The van der Waals surface area contributed by atoms with Crippen LogP contribution in [0.5, 0.6) is 0 Å². The first-order valence-electron chi connectivity index (χ1n) is 13.2. The van der Waals surface area contributed by atoms with Crippen LogP contribution in [0.2, 0.25) is 0 Å². The third kappa shape index (κ3) is 2.33. The van der Waals surface area contributed by atoms with E-state index >= 15 is 0 Å². The molecule has 0 aromatic rings. The van der Waals surface area contributed by atoms with Crippen molar-refractivity contribution in [1.82, 2.24) is 0 Å². The van der Waals surface area contributed by atoms with Gasteiger partial charge in [0.25, 0.3) is 0 Å². The molecular weight excluding hydrogens is 404 g/mol. The third-order valence-corrected chi connectivity index (χ3v) is 11.2. The molecule has 0 bridgehead atoms. The Balaban J connectivity index is 1.18. The summed E-state index contributed by atoms with van der Waals surface area (Å²) in [5.74, 6) is 1.74. The van der Waals surface area contributed by atoms with Crippen molar-refractivity contribution >= 4 is 0 Å². The molecule has 6 fully saturated rings. The molecule has 5 aliphatic carbocycles. The van der Waals surface area contributed by atoms with Crippen LogP contribution in [-0.2, 0) is 14.2 Å². The van der Waals surface area contributed by atoms with E-state index in [-0.39, 0.29) is 28.6 Å². The van der Waals surface area contributed by atoms with E-state index in [2.05, 4.69) is 26.8 Å². The average molecular weight is 445 g/mol. The van der Waals surface area contributed by atoms with Gasteiger partial charge in [-0.05, 0) is 74.2 Å². The second-order valence-corrected chi connectivity index (χ2v) is 13.5. The highest BCUT2D eigenvalue weighted by Gasteiger charge is 2.82. The molecule has 5 heteroatoms. The van der Waals surface area contributed by atoms with Crippen LogP contribution in [-0.4, -0.2) is 52.6 Å². The summed E-state index contributed by atoms with van der Waals surface area (Å²) >= 11 is 0. The van der Waals surface area contributed by atoms with Crippen molar-refractivity contribution in [2.75, 3.05) is 19.8 Å². The topological polar surface area (TPSA) is 71.5 Å². The third-order valence-electron chi connectivity index (χ3n) is 11.2. The zero-order chi connectivity index (χ0) is 22.2. The SMILES string of the molecule is CC1(C)COC2(CC[C@]34O[C@]3(CC[C@@H]3C4=CC[C@@]4(C)[C@H]3[C@@H]3C[C@@H]3[C@@]4(O)CCCO)C2)OC1. The summed E-state index contributed by atoms with van der Waals surface area (Å²) in [5.41, 5.74) is 0.778. The standard InChI is InChI=1S/C27H40O5/c1-22(2)15-30-25(31-16-22)10-11-27-19-6-8-23(3)21(17(19)5-9-24(27,14-25)32-27)18-13-20(18)26(23,29)7-4-12-28/h6,17-18,20-21,28-29H,4-5,7-16H2,1-3H3/t17-,18-,20+,21-,23+,24-,26+,27-/m1/s1. The lowest BCUT2D eigenvalue weighted by Gasteiger charge is -2.55. The summed E-state index contributed by atoms with van der Waals surface area (Å²) in [6, 6.07) is 0. The smallest absolute Gasteiger partial charge is 0.171 e. The molecule has 0 amide bonds. The summed E-state index contributed by atoms with van der Waals surface area (Å²) in [4.78, 5) is 0. The van der Waals surface area contributed by atoms with E-state index in [9.17, 15) is 10.2 Å². The number of rotatable bonds is 3. The quantitative estimate of drug-likeness (QED) is 0.509. The average Bonchev–Trinajstić information content (AvgIpc) is 3.66. The Morgan fingerprint density at radius 1 is 1.09 bits per heavy atom. The molecular formula is C27H40O5. The van der Waals surface area contributed by atoms with Gasteiger partial charge in [0.1, 0.15) is 11.2 Å². The fraction of sp³-hybridized carbons (Fsp3) is 0.926. The maximum absolute atomic E-state index is 11.9. The molecule has 0 aromatic carbocycles. The molecule has 1 spiro atoms. The van der Waals surface area contributed by atoms with Gasteiger partial charge < -0.3 is 24.4 Å². The van der Waals surface area contributed by atoms with Crippen LogP contribution in [0.25, 0.3) is 0 Å². The Bertz CT molecular complexity index is 871. The first-order valence-corrected chi connectivity index (χ1v) is 13.2. The van der Waals surface area contributed by atoms with E-state index in [0.717, 1.165) is 58.2 Å². The number of hydrogen-bond acceptors (Lipinski definition) is 5. The molecule has 2 saturated heterocycles. The van der Waals surface area contributed by atoms with E-state index in [0.29, 0.717) is 30.1 Å². The summed E-state index contributed by atoms with van der Waals surface area (Å²) in [6.07, 6.45) is 11.1. The van der Waals surface area contributed by atoms with Gasteiger partial charge in [-0.3, -0.25) is 0 Å². The maximum atomic E-state index is 11.9. The van der Waals surface area contributed by atoms with Gasteiger partial charge in [-0.2, -0.15) is 0 Å². The molecule has 32 heavy (non-hydrogen) atoms. The van der Waals surface area contributed by atoms with Gasteiger partial charge >= 0.3 is 0 Å². The second kappa shape index (κ2) is 6.02. The number of epoxide rings is 1. The van der Waals surface area contributed by atoms with E-state index in [4.69, 9.17) is 14.2 Å². The number of ether oxygens (including phenoxy) is 3. The summed E-state index contributed by atoms with van der Waals surface area (Å²) in [5, 5.41) is 21.3. The van der Waals surface area contributed by atoms with E-state index in [1.165, 1.54) is 6.42 Å². The number of aliphatic hydroxyl groups is 2. The Labute approximate surface area is 191 Å². The first kappa shape index (κ1) is 20.9. The predicted octanol–water partition coefficient (Wildman–Crippen LogP) is 3.96. The van der Waals surface area contributed by atoms with Crippen LogP contribution >= 0.6 is 0 Å². The molecule has 5 nitrogen and oxygen atoms in total. The minimum Gasteiger partial charge on any atom is -0.396 e. The second-order valence-electron chi connectivity index (χ2n) is 13.5. The van der Waals surface area contributed by atoms with Crippen molar-refractivity contribution in [3.05, 3.63) is 11.6 Å². The van der Waals surface area contributed by atoms with Crippen molar-refractivity contribution in [3.8, 4) is 0 Å². The monoisotopic (exact) mass is 444 g/mol. The first-order chi connectivity index (χ1) is 15.1. The van der Waals surface area contributed by atoms with Crippen LogP contribution in [0.4, 0.5) is 0 Å². The molecule has 2 N–H and O–H groups in total. The molecule has 0 unspecified atom stereocenters. The Kier molecular flexibility index (Phi) is 3.93. The summed E-state index contributed by atoms with van der Waals surface area (Å²) in [7, 11) is 0. The highest BCUT2D eigenvalue weighted by molar-refractivity contribution is 5.45. The largest absolute Gasteiger partial charge is 0.396 e. The van der Waals surface area contributed by atoms with Crippen LogP contribution < -0.4 is 0 Å². The number of allylic oxidation sites excluding steroid dienone is 1. The predicted molar refractivity (Wildman–Crippen MR) is 119 cm³/mol. The molecule has 0 radical (unpaired) electrons. The number of hydrogen-bond donors (Lipinski definition) is 2. The lowest BCUT2D eigenvalue weighted by atomic mass is 9.51. The van der Waals surface area contributed by atoms with Crippen molar-refractivity contribution < 1.29 is 24.4 Å². The van der Waals surface area contributed by atoms with E-state index < -0.39 is 11.4 Å². The fourth-order valence-corrected chi connectivity index (χ4v) is 9.52. The highest BCUT2D eigenvalue weighted by Crippen LogP contribution is 2.79. The lowest BCUT2D eigenvalue weighted by Crippen LogP contribution is -2.57. The minimum atomic E-state index is -0.614. The normalized spacial score (nSPS) is 55.7.